The molecule has 1 amide bonds. The molecule has 5 nitrogen and oxygen atoms in total. The first-order chi connectivity index (χ1) is 6.92. The average Bonchev–Trinajstić information content (AvgIpc) is 2.15. The molecule has 3 N–H and O–H groups in total. The minimum Gasteiger partial charge on any atom is -0.326 e. The number of amides is 1. The highest BCUT2D eigenvalue weighted by Gasteiger charge is 2.10. The molecular formula is C9H12N2O3S. The summed E-state index contributed by atoms with van der Waals surface area (Å²) in [7, 11) is -3.51. The van der Waals surface area contributed by atoms with Crippen LogP contribution in [0.15, 0.2) is 24.3 Å². The van der Waals surface area contributed by atoms with E-state index in [1.54, 1.807) is 12.1 Å². The molecule has 0 aromatic heterocycles. The lowest BCUT2D eigenvalue weighted by atomic mass is 10.1. The van der Waals surface area contributed by atoms with Crippen LogP contribution in [0, 0.1) is 0 Å². The van der Waals surface area contributed by atoms with Gasteiger partial charge in [-0.25, -0.2) is 13.1 Å². The van der Waals surface area contributed by atoms with E-state index in [-0.39, 0.29) is 5.56 Å². The van der Waals surface area contributed by atoms with Gasteiger partial charge in [0.1, 0.15) is 0 Å². The van der Waals surface area contributed by atoms with Gasteiger partial charge in [0, 0.05) is 12.1 Å². The summed E-state index contributed by atoms with van der Waals surface area (Å²) in [5.41, 5.74) is 6.55. The fourth-order valence-corrected chi connectivity index (χ4v) is 1.47. The van der Waals surface area contributed by atoms with Crippen LogP contribution in [-0.2, 0) is 16.6 Å². The zero-order valence-electron chi connectivity index (χ0n) is 8.23. The summed E-state index contributed by atoms with van der Waals surface area (Å²) in [6.07, 6.45) is 0.930. The zero-order chi connectivity index (χ0) is 11.5. The van der Waals surface area contributed by atoms with E-state index >= 15 is 0 Å². The first-order valence-corrected chi connectivity index (χ1v) is 6.12. The number of sulfonamides is 1. The third-order valence-corrected chi connectivity index (χ3v) is 2.29. The zero-order valence-corrected chi connectivity index (χ0v) is 9.04. The van der Waals surface area contributed by atoms with Crippen LogP contribution in [0.3, 0.4) is 0 Å². The molecule has 6 heteroatoms. The van der Waals surface area contributed by atoms with E-state index in [4.69, 9.17) is 5.73 Å². The smallest absolute Gasteiger partial charge is 0.264 e. The molecule has 0 radical (unpaired) electrons. The first-order valence-electron chi connectivity index (χ1n) is 4.23. The maximum absolute atomic E-state index is 11.3. The predicted octanol–water partition coefficient (Wildman–Crippen LogP) is -0.165. The summed E-state index contributed by atoms with van der Waals surface area (Å²) in [5.74, 6) is -0.638. The summed E-state index contributed by atoms with van der Waals surface area (Å²) in [6, 6.07) is 6.42. The van der Waals surface area contributed by atoms with Crippen molar-refractivity contribution in [2.45, 2.75) is 6.54 Å². The van der Waals surface area contributed by atoms with Crippen molar-refractivity contribution in [2.24, 2.45) is 5.73 Å². The summed E-state index contributed by atoms with van der Waals surface area (Å²) < 4.78 is 23.4. The number of carbonyl (C=O) groups is 1. The van der Waals surface area contributed by atoms with Crippen molar-refractivity contribution >= 4 is 15.9 Å². The lowest BCUT2D eigenvalue weighted by Gasteiger charge is -2.03. The van der Waals surface area contributed by atoms with Gasteiger partial charge in [0.2, 0.25) is 10.0 Å². The van der Waals surface area contributed by atoms with Crippen molar-refractivity contribution in [3.05, 3.63) is 35.4 Å². The number of hydrogen-bond acceptors (Lipinski definition) is 4. The Labute approximate surface area is 88.3 Å². The van der Waals surface area contributed by atoms with E-state index in [0.29, 0.717) is 6.54 Å². The Morgan fingerprint density at radius 1 is 1.33 bits per heavy atom. The van der Waals surface area contributed by atoms with E-state index in [1.165, 1.54) is 12.1 Å². The van der Waals surface area contributed by atoms with Gasteiger partial charge in [-0.3, -0.25) is 4.79 Å². The SMILES string of the molecule is CS(=O)(=O)NC(=O)c1ccc(CN)cc1. The highest BCUT2D eigenvalue weighted by Crippen LogP contribution is 2.03. The molecule has 1 aromatic carbocycles. The van der Waals surface area contributed by atoms with E-state index in [1.807, 2.05) is 4.72 Å². The second kappa shape index (κ2) is 4.41. The number of carbonyl (C=O) groups excluding carboxylic acids is 1. The Bertz CT molecular complexity index is 451. The number of rotatable bonds is 3. The first kappa shape index (κ1) is 11.7. The van der Waals surface area contributed by atoms with Crippen molar-refractivity contribution in [1.29, 1.82) is 0 Å². The number of nitrogens with two attached hydrogens (primary N) is 1. The second-order valence-electron chi connectivity index (χ2n) is 3.10. The fraction of sp³-hybridized carbons (Fsp3) is 0.222. The molecule has 15 heavy (non-hydrogen) atoms. The molecule has 0 aliphatic heterocycles. The molecule has 82 valence electrons. The monoisotopic (exact) mass is 228 g/mol. The number of nitrogens with one attached hydrogen (secondary N) is 1. The molecule has 0 fully saturated rings. The summed E-state index contributed by atoms with van der Waals surface area (Å²) in [6.45, 7) is 0.383. The van der Waals surface area contributed by atoms with Crippen LogP contribution >= 0.6 is 0 Å². The fourth-order valence-electron chi connectivity index (χ4n) is 1.02. The number of benzene rings is 1. The van der Waals surface area contributed by atoms with Crippen molar-refractivity contribution in [2.75, 3.05) is 6.26 Å². The van der Waals surface area contributed by atoms with Crippen molar-refractivity contribution in [3.63, 3.8) is 0 Å². The Balaban J connectivity index is 2.84. The van der Waals surface area contributed by atoms with Crippen molar-refractivity contribution < 1.29 is 13.2 Å². The van der Waals surface area contributed by atoms with Gasteiger partial charge < -0.3 is 5.73 Å². The maximum Gasteiger partial charge on any atom is 0.264 e. The Kier molecular flexibility index (Phi) is 3.43. The van der Waals surface area contributed by atoms with Crippen LogP contribution in [0.2, 0.25) is 0 Å². The molecule has 0 spiro atoms. The average molecular weight is 228 g/mol. The quantitative estimate of drug-likeness (QED) is 0.752. The van der Waals surface area contributed by atoms with E-state index in [2.05, 4.69) is 0 Å². The van der Waals surface area contributed by atoms with Crippen molar-refractivity contribution in [3.8, 4) is 0 Å². The molecule has 0 atom stereocenters. The normalized spacial score (nSPS) is 11.1. The van der Waals surface area contributed by atoms with E-state index < -0.39 is 15.9 Å². The van der Waals surface area contributed by atoms with Crippen LogP contribution in [0.25, 0.3) is 0 Å². The van der Waals surface area contributed by atoms with Gasteiger partial charge in [0.25, 0.3) is 5.91 Å². The predicted molar refractivity (Wildman–Crippen MR) is 56.6 cm³/mol. The highest BCUT2D eigenvalue weighted by molar-refractivity contribution is 7.89. The molecule has 0 bridgehead atoms. The number of hydrogen-bond donors (Lipinski definition) is 2. The molecule has 0 unspecified atom stereocenters. The van der Waals surface area contributed by atoms with Crippen LogP contribution in [0.4, 0.5) is 0 Å². The van der Waals surface area contributed by atoms with Gasteiger partial charge in [-0.1, -0.05) is 12.1 Å². The van der Waals surface area contributed by atoms with Gasteiger partial charge in [0.05, 0.1) is 6.26 Å². The third-order valence-electron chi connectivity index (χ3n) is 1.73. The molecule has 0 aliphatic rings. The van der Waals surface area contributed by atoms with Crippen LogP contribution in [0.5, 0.6) is 0 Å². The van der Waals surface area contributed by atoms with Crippen molar-refractivity contribution in [1.82, 2.24) is 4.72 Å². The van der Waals surface area contributed by atoms with E-state index in [9.17, 15) is 13.2 Å². The molecule has 1 rings (SSSR count). The van der Waals surface area contributed by atoms with Gasteiger partial charge in [0.15, 0.2) is 0 Å². The Hall–Kier alpha value is -1.40. The standard InChI is InChI=1S/C9H12N2O3S/c1-15(13,14)11-9(12)8-4-2-7(6-10)3-5-8/h2-5H,6,10H2,1H3,(H,11,12). The molecule has 1 aromatic rings. The summed E-state index contributed by atoms with van der Waals surface area (Å²) >= 11 is 0. The van der Waals surface area contributed by atoms with Gasteiger partial charge in [-0.2, -0.15) is 0 Å². The molecule has 0 saturated heterocycles. The summed E-state index contributed by atoms with van der Waals surface area (Å²) in [5, 5.41) is 0. The van der Waals surface area contributed by atoms with Crippen LogP contribution in [0.1, 0.15) is 15.9 Å². The largest absolute Gasteiger partial charge is 0.326 e. The third kappa shape index (κ3) is 3.69. The topological polar surface area (TPSA) is 89.3 Å². The second-order valence-corrected chi connectivity index (χ2v) is 4.85. The van der Waals surface area contributed by atoms with Crippen LogP contribution in [-0.4, -0.2) is 20.6 Å². The van der Waals surface area contributed by atoms with E-state index in [0.717, 1.165) is 11.8 Å². The summed E-state index contributed by atoms with van der Waals surface area (Å²) in [4.78, 5) is 11.3. The maximum atomic E-state index is 11.3. The minimum atomic E-state index is -3.51. The molecule has 0 aliphatic carbocycles. The van der Waals surface area contributed by atoms with Crippen LogP contribution < -0.4 is 10.5 Å². The molecular weight excluding hydrogens is 216 g/mol. The Morgan fingerprint density at radius 3 is 2.27 bits per heavy atom. The van der Waals surface area contributed by atoms with Gasteiger partial charge in [-0.05, 0) is 17.7 Å². The highest BCUT2D eigenvalue weighted by atomic mass is 32.2. The lowest BCUT2D eigenvalue weighted by Crippen LogP contribution is -2.29. The molecule has 0 saturated carbocycles. The van der Waals surface area contributed by atoms with Gasteiger partial charge in [-0.15, -0.1) is 0 Å². The lowest BCUT2D eigenvalue weighted by molar-refractivity contribution is 0.0981. The van der Waals surface area contributed by atoms with Gasteiger partial charge >= 0.3 is 0 Å². The minimum absolute atomic E-state index is 0.289. The Morgan fingerprint density at radius 2 is 1.87 bits per heavy atom. The molecule has 0 heterocycles.